The summed E-state index contributed by atoms with van der Waals surface area (Å²) in [5.74, 6) is -0.894. The lowest BCUT2D eigenvalue weighted by molar-refractivity contribution is -0.140. The second-order valence-corrected chi connectivity index (χ2v) is 12.2. The zero-order valence-electron chi connectivity index (χ0n) is 23.0. The van der Waals surface area contributed by atoms with Gasteiger partial charge in [-0.25, -0.2) is 8.42 Å². The van der Waals surface area contributed by atoms with Gasteiger partial charge in [-0.05, 0) is 48.4 Å². The van der Waals surface area contributed by atoms with Crippen LogP contribution in [0, 0.1) is 0 Å². The van der Waals surface area contributed by atoms with Crippen molar-refractivity contribution in [3.05, 3.63) is 130 Å². The fourth-order valence-corrected chi connectivity index (χ4v) is 6.23. The first kappa shape index (κ1) is 31.1. The predicted octanol–water partition coefficient (Wildman–Crippen LogP) is 5.96. The molecular formula is C32H31Cl2N3O4S. The third-order valence-corrected chi connectivity index (χ3v) is 9.15. The van der Waals surface area contributed by atoms with Crippen LogP contribution in [0.4, 0.5) is 5.69 Å². The Morgan fingerprint density at radius 2 is 1.36 bits per heavy atom. The van der Waals surface area contributed by atoms with Crippen LogP contribution in [0.25, 0.3) is 0 Å². The SMILES string of the molecule is CCNC(=O)C(Cc1ccccc1)N(Cc1ccccc1)C(=O)CN(c1ccc(Cl)c(Cl)c1)S(=O)(=O)c1ccccc1. The van der Waals surface area contributed by atoms with Crippen LogP contribution in [0.3, 0.4) is 0 Å². The Hall–Kier alpha value is -3.85. The molecule has 0 saturated heterocycles. The number of hydrogen-bond acceptors (Lipinski definition) is 4. The lowest BCUT2D eigenvalue weighted by Crippen LogP contribution is -2.53. The van der Waals surface area contributed by atoms with Gasteiger partial charge in [0.05, 0.1) is 20.6 Å². The Kier molecular flexibility index (Phi) is 10.6. The molecule has 0 aromatic heterocycles. The number of benzene rings is 4. The summed E-state index contributed by atoms with van der Waals surface area (Å²) in [5.41, 5.74) is 1.82. The summed E-state index contributed by atoms with van der Waals surface area (Å²) in [6.45, 7) is 1.69. The summed E-state index contributed by atoms with van der Waals surface area (Å²) in [4.78, 5) is 29.2. The second-order valence-electron chi connectivity index (χ2n) is 9.53. The molecule has 0 aliphatic carbocycles. The molecule has 0 aliphatic heterocycles. The molecular weight excluding hydrogens is 593 g/mol. The number of halogens is 2. The van der Waals surface area contributed by atoms with Crippen LogP contribution >= 0.6 is 23.2 Å². The minimum absolute atomic E-state index is 0.00282. The van der Waals surface area contributed by atoms with E-state index in [1.54, 1.807) is 25.1 Å². The van der Waals surface area contributed by atoms with Gasteiger partial charge in [-0.3, -0.25) is 13.9 Å². The standard InChI is InChI=1S/C32H31Cl2N3O4S/c1-2-35-32(39)30(20-24-12-6-3-7-13-24)36(22-25-14-8-4-9-15-25)31(38)23-37(26-18-19-28(33)29(34)21-26)42(40,41)27-16-10-5-11-17-27/h3-19,21,30H,2,20,22-23H2,1H3,(H,35,39). The van der Waals surface area contributed by atoms with Gasteiger partial charge in [0.25, 0.3) is 10.0 Å². The van der Waals surface area contributed by atoms with Crippen LogP contribution in [0.5, 0.6) is 0 Å². The molecule has 1 N–H and O–H groups in total. The van der Waals surface area contributed by atoms with E-state index in [0.717, 1.165) is 15.4 Å². The van der Waals surface area contributed by atoms with Crippen LogP contribution in [0.1, 0.15) is 18.1 Å². The van der Waals surface area contributed by atoms with Crippen molar-refractivity contribution in [1.29, 1.82) is 0 Å². The van der Waals surface area contributed by atoms with Crippen molar-refractivity contribution in [3.8, 4) is 0 Å². The van der Waals surface area contributed by atoms with Crippen LogP contribution in [-0.2, 0) is 32.6 Å². The van der Waals surface area contributed by atoms with E-state index in [-0.39, 0.29) is 39.5 Å². The highest BCUT2D eigenvalue weighted by molar-refractivity contribution is 7.92. The molecule has 0 radical (unpaired) electrons. The maximum atomic E-state index is 14.3. The zero-order chi connectivity index (χ0) is 30.1. The van der Waals surface area contributed by atoms with E-state index in [0.29, 0.717) is 6.54 Å². The van der Waals surface area contributed by atoms with Gasteiger partial charge in [0.2, 0.25) is 11.8 Å². The summed E-state index contributed by atoms with van der Waals surface area (Å²) >= 11 is 12.4. The first-order valence-electron chi connectivity index (χ1n) is 13.4. The molecule has 4 aromatic carbocycles. The highest BCUT2D eigenvalue weighted by Gasteiger charge is 2.34. The minimum Gasteiger partial charge on any atom is -0.355 e. The smallest absolute Gasteiger partial charge is 0.264 e. The monoisotopic (exact) mass is 623 g/mol. The van der Waals surface area contributed by atoms with E-state index in [9.17, 15) is 18.0 Å². The molecule has 0 aliphatic rings. The van der Waals surface area contributed by atoms with E-state index in [1.165, 1.54) is 35.2 Å². The summed E-state index contributed by atoms with van der Waals surface area (Å²) in [5, 5.41) is 3.23. The molecule has 0 saturated carbocycles. The highest BCUT2D eigenvalue weighted by Crippen LogP contribution is 2.31. The molecule has 0 spiro atoms. The molecule has 4 aromatic rings. The number of carbonyl (C=O) groups excluding carboxylic acids is 2. The minimum atomic E-state index is -4.22. The Morgan fingerprint density at radius 3 is 1.93 bits per heavy atom. The average Bonchev–Trinajstić information content (AvgIpc) is 3.00. The average molecular weight is 625 g/mol. The third kappa shape index (κ3) is 7.70. The lowest BCUT2D eigenvalue weighted by Gasteiger charge is -2.34. The molecule has 0 heterocycles. The number of rotatable bonds is 12. The molecule has 7 nitrogen and oxygen atoms in total. The maximum absolute atomic E-state index is 14.3. The molecule has 218 valence electrons. The Labute approximate surface area is 256 Å². The summed E-state index contributed by atoms with van der Waals surface area (Å²) in [7, 11) is -4.22. The first-order valence-corrected chi connectivity index (χ1v) is 15.6. The van der Waals surface area contributed by atoms with Gasteiger partial charge in [0.1, 0.15) is 12.6 Å². The number of nitrogens with zero attached hydrogens (tertiary/aromatic N) is 2. The number of anilines is 1. The van der Waals surface area contributed by atoms with Crippen molar-refractivity contribution in [2.45, 2.75) is 30.8 Å². The summed E-state index contributed by atoms with van der Waals surface area (Å²) in [6, 6.07) is 30.0. The van der Waals surface area contributed by atoms with Gasteiger partial charge in [0.15, 0.2) is 0 Å². The van der Waals surface area contributed by atoms with Crippen molar-refractivity contribution in [2.75, 3.05) is 17.4 Å². The first-order chi connectivity index (χ1) is 20.2. The van der Waals surface area contributed by atoms with Crippen LogP contribution < -0.4 is 9.62 Å². The number of likely N-dealkylation sites (N-methyl/N-ethyl adjacent to an activating group) is 1. The molecule has 2 amide bonds. The number of sulfonamides is 1. The zero-order valence-corrected chi connectivity index (χ0v) is 25.3. The number of nitrogens with one attached hydrogen (secondary N) is 1. The fraction of sp³-hybridized carbons (Fsp3) is 0.188. The Balaban J connectivity index is 1.79. The number of hydrogen-bond donors (Lipinski definition) is 1. The topological polar surface area (TPSA) is 86.8 Å². The van der Waals surface area contributed by atoms with Crippen LogP contribution in [-0.4, -0.2) is 44.3 Å². The van der Waals surface area contributed by atoms with E-state index in [2.05, 4.69) is 5.32 Å². The third-order valence-electron chi connectivity index (χ3n) is 6.62. The normalized spacial score (nSPS) is 11.9. The van der Waals surface area contributed by atoms with Crippen molar-refractivity contribution in [2.24, 2.45) is 0 Å². The van der Waals surface area contributed by atoms with Gasteiger partial charge in [-0.1, -0.05) is 102 Å². The fourth-order valence-electron chi connectivity index (χ4n) is 4.51. The summed E-state index contributed by atoms with van der Waals surface area (Å²) in [6.07, 6.45) is 0.240. The second kappa shape index (κ2) is 14.4. The van der Waals surface area contributed by atoms with Crippen molar-refractivity contribution in [1.82, 2.24) is 10.2 Å². The van der Waals surface area contributed by atoms with Crippen LogP contribution in [0.2, 0.25) is 10.0 Å². The summed E-state index contributed by atoms with van der Waals surface area (Å²) < 4.78 is 28.9. The number of amides is 2. The maximum Gasteiger partial charge on any atom is 0.264 e. The van der Waals surface area contributed by atoms with Gasteiger partial charge < -0.3 is 10.2 Å². The predicted molar refractivity (Wildman–Crippen MR) is 167 cm³/mol. The van der Waals surface area contributed by atoms with E-state index in [4.69, 9.17) is 23.2 Å². The largest absolute Gasteiger partial charge is 0.355 e. The molecule has 10 heteroatoms. The van der Waals surface area contributed by atoms with Crippen molar-refractivity contribution < 1.29 is 18.0 Å². The number of carbonyl (C=O) groups is 2. The van der Waals surface area contributed by atoms with Gasteiger partial charge in [-0.2, -0.15) is 0 Å². The van der Waals surface area contributed by atoms with Crippen molar-refractivity contribution in [3.63, 3.8) is 0 Å². The van der Waals surface area contributed by atoms with Crippen LogP contribution in [0.15, 0.2) is 114 Å². The molecule has 0 fully saturated rings. The molecule has 0 bridgehead atoms. The Morgan fingerprint density at radius 1 is 0.786 bits per heavy atom. The van der Waals surface area contributed by atoms with E-state index >= 15 is 0 Å². The quantitative estimate of drug-likeness (QED) is 0.211. The molecule has 42 heavy (non-hydrogen) atoms. The van der Waals surface area contributed by atoms with E-state index < -0.39 is 28.5 Å². The Bertz CT molecular complexity index is 1610. The van der Waals surface area contributed by atoms with Crippen molar-refractivity contribution >= 4 is 50.7 Å². The van der Waals surface area contributed by atoms with Gasteiger partial charge in [-0.15, -0.1) is 0 Å². The van der Waals surface area contributed by atoms with Gasteiger partial charge >= 0.3 is 0 Å². The lowest BCUT2D eigenvalue weighted by atomic mass is 10.0. The highest BCUT2D eigenvalue weighted by atomic mass is 35.5. The molecule has 4 rings (SSSR count). The molecule has 1 atom stereocenters. The molecule has 1 unspecified atom stereocenters. The van der Waals surface area contributed by atoms with Gasteiger partial charge in [0, 0.05) is 19.5 Å². The van der Waals surface area contributed by atoms with E-state index in [1.807, 2.05) is 60.7 Å².